The second-order valence-electron chi connectivity index (χ2n) is 9.08. The number of rotatable bonds is 7. The molecule has 6 nitrogen and oxygen atoms in total. The summed E-state index contributed by atoms with van der Waals surface area (Å²) in [4.78, 5) is 25.4. The van der Waals surface area contributed by atoms with Gasteiger partial charge in [-0.05, 0) is 42.9 Å². The van der Waals surface area contributed by atoms with Crippen LogP contribution >= 0.6 is 0 Å². The van der Waals surface area contributed by atoms with E-state index in [1.165, 1.54) is 11.3 Å². The molecule has 6 heteroatoms. The molecule has 0 spiro atoms. The maximum atomic E-state index is 11.9. The Morgan fingerprint density at radius 2 is 2.07 bits per heavy atom. The van der Waals surface area contributed by atoms with E-state index in [-0.39, 0.29) is 17.2 Å². The fourth-order valence-corrected chi connectivity index (χ4v) is 4.42. The minimum absolute atomic E-state index is 0.0854. The van der Waals surface area contributed by atoms with Gasteiger partial charge in [0.15, 0.2) is 0 Å². The quantitative estimate of drug-likeness (QED) is 0.720. The van der Waals surface area contributed by atoms with Crippen molar-refractivity contribution in [3.63, 3.8) is 0 Å². The zero-order valence-corrected chi connectivity index (χ0v) is 17.4. The highest BCUT2D eigenvalue weighted by Crippen LogP contribution is 2.40. The van der Waals surface area contributed by atoms with Crippen LogP contribution in [0.3, 0.4) is 0 Å². The summed E-state index contributed by atoms with van der Waals surface area (Å²) in [6.07, 6.45) is 2.83. The summed E-state index contributed by atoms with van der Waals surface area (Å²) in [5.74, 6) is -0.268. The smallest absolute Gasteiger partial charge is 0.235 e. The summed E-state index contributed by atoms with van der Waals surface area (Å²) in [5, 5.41) is 7.73. The molecule has 0 bridgehead atoms. The maximum Gasteiger partial charge on any atom is 0.235 e. The van der Waals surface area contributed by atoms with Crippen LogP contribution < -0.4 is 5.73 Å². The first-order valence-electron chi connectivity index (χ1n) is 9.77. The van der Waals surface area contributed by atoms with E-state index in [0.29, 0.717) is 12.1 Å². The summed E-state index contributed by atoms with van der Waals surface area (Å²) in [5.41, 5.74) is 11.7. The van der Waals surface area contributed by atoms with Gasteiger partial charge in [-0.3, -0.25) is 19.6 Å². The van der Waals surface area contributed by atoms with Crippen LogP contribution in [0.1, 0.15) is 54.9 Å². The van der Waals surface area contributed by atoms with E-state index in [0.717, 1.165) is 35.9 Å². The Bertz CT molecular complexity index is 898. The number of aldehydes is 1. The van der Waals surface area contributed by atoms with Gasteiger partial charge < -0.3 is 5.73 Å². The van der Waals surface area contributed by atoms with Crippen molar-refractivity contribution in [2.75, 3.05) is 7.05 Å². The number of H-pyrrole nitrogens is 1. The van der Waals surface area contributed by atoms with E-state index in [2.05, 4.69) is 24.0 Å². The average Bonchev–Trinajstić information content (AvgIpc) is 3.08. The van der Waals surface area contributed by atoms with Gasteiger partial charge in [0.2, 0.25) is 5.91 Å². The van der Waals surface area contributed by atoms with Crippen LogP contribution in [-0.4, -0.2) is 40.4 Å². The second-order valence-corrected chi connectivity index (χ2v) is 9.08. The molecule has 0 fully saturated rings. The number of carbonyl (C=O) groups excluding carboxylic acids is 2. The van der Waals surface area contributed by atoms with Crippen molar-refractivity contribution < 1.29 is 9.59 Å². The Balaban J connectivity index is 1.94. The normalized spacial score (nSPS) is 16.4. The van der Waals surface area contributed by atoms with Crippen molar-refractivity contribution in [2.45, 2.75) is 53.1 Å². The van der Waals surface area contributed by atoms with Gasteiger partial charge in [0.1, 0.15) is 6.29 Å². The molecule has 0 saturated heterocycles. The van der Waals surface area contributed by atoms with Gasteiger partial charge in [-0.15, -0.1) is 0 Å². The van der Waals surface area contributed by atoms with Crippen LogP contribution in [0.5, 0.6) is 0 Å². The van der Waals surface area contributed by atoms with E-state index < -0.39 is 6.04 Å². The molecule has 3 rings (SSSR count). The topological polar surface area (TPSA) is 92.1 Å². The predicted molar refractivity (Wildman–Crippen MR) is 110 cm³/mol. The molecule has 0 aliphatic heterocycles. The number of hydrogen-bond donors (Lipinski definition) is 2. The van der Waals surface area contributed by atoms with Gasteiger partial charge in [-0.1, -0.05) is 39.8 Å². The van der Waals surface area contributed by atoms with Crippen molar-refractivity contribution in [2.24, 2.45) is 17.1 Å². The van der Waals surface area contributed by atoms with E-state index in [9.17, 15) is 9.59 Å². The molecule has 3 N–H and O–H groups in total. The highest BCUT2D eigenvalue weighted by atomic mass is 16.1. The Morgan fingerprint density at radius 1 is 1.36 bits per heavy atom. The van der Waals surface area contributed by atoms with Gasteiger partial charge in [0.05, 0.1) is 11.7 Å². The van der Waals surface area contributed by atoms with Gasteiger partial charge in [-0.25, -0.2) is 0 Å². The van der Waals surface area contributed by atoms with Crippen LogP contribution in [0.15, 0.2) is 18.2 Å². The van der Waals surface area contributed by atoms with Crippen LogP contribution in [0.4, 0.5) is 0 Å². The Kier molecular flexibility index (Phi) is 5.44. The zero-order valence-electron chi connectivity index (χ0n) is 17.4. The summed E-state index contributed by atoms with van der Waals surface area (Å²) in [7, 11) is 1.87. The molecule has 1 aliphatic carbocycles. The van der Waals surface area contributed by atoms with Gasteiger partial charge in [0.25, 0.3) is 0 Å². The fraction of sp³-hybridized carbons (Fsp3) is 0.500. The first-order chi connectivity index (χ1) is 13.1. The highest BCUT2D eigenvalue weighted by Gasteiger charge is 2.33. The predicted octanol–water partition coefficient (Wildman–Crippen LogP) is 2.96. The first-order valence-corrected chi connectivity index (χ1v) is 9.77. The van der Waals surface area contributed by atoms with Crippen LogP contribution in [0.2, 0.25) is 0 Å². The van der Waals surface area contributed by atoms with E-state index in [1.54, 1.807) is 0 Å². The van der Waals surface area contributed by atoms with Crippen molar-refractivity contribution in [1.82, 2.24) is 15.1 Å². The minimum Gasteiger partial charge on any atom is -0.368 e. The lowest BCUT2D eigenvalue weighted by atomic mass is 9.89. The van der Waals surface area contributed by atoms with Crippen molar-refractivity contribution in [1.29, 1.82) is 0 Å². The number of fused-ring (bicyclic) bond motifs is 1. The SMILES string of the molecule is CC(C)[C@@H](C(N)=O)N(C)Cc1cc(-c2n[nH]c3c2CC(C)(C)C3)ccc1C=O. The van der Waals surface area contributed by atoms with Crippen LogP contribution in [-0.2, 0) is 24.2 Å². The molecule has 1 heterocycles. The third-order valence-corrected chi connectivity index (χ3v) is 5.62. The molecule has 1 aromatic heterocycles. The highest BCUT2D eigenvalue weighted by molar-refractivity contribution is 5.81. The Morgan fingerprint density at radius 3 is 2.68 bits per heavy atom. The molecule has 1 atom stereocenters. The number of nitrogens with one attached hydrogen (secondary N) is 1. The lowest BCUT2D eigenvalue weighted by molar-refractivity contribution is -0.124. The number of carbonyl (C=O) groups is 2. The number of nitrogens with zero attached hydrogens (tertiary/aromatic N) is 2. The van der Waals surface area contributed by atoms with Gasteiger partial charge in [-0.2, -0.15) is 5.10 Å². The van der Waals surface area contributed by atoms with E-state index in [1.807, 2.05) is 44.0 Å². The average molecular weight is 383 g/mol. The molecular weight excluding hydrogens is 352 g/mol. The van der Waals surface area contributed by atoms with Crippen molar-refractivity contribution in [3.05, 3.63) is 40.6 Å². The van der Waals surface area contributed by atoms with Crippen LogP contribution in [0.25, 0.3) is 11.3 Å². The molecule has 28 heavy (non-hydrogen) atoms. The van der Waals surface area contributed by atoms with Crippen LogP contribution in [0, 0.1) is 11.3 Å². The third-order valence-electron chi connectivity index (χ3n) is 5.62. The maximum absolute atomic E-state index is 11.9. The monoisotopic (exact) mass is 382 g/mol. The number of amides is 1. The number of primary amides is 1. The molecule has 150 valence electrons. The second kappa shape index (κ2) is 7.51. The summed E-state index contributed by atoms with van der Waals surface area (Å²) in [6.45, 7) is 8.92. The molecule has 0 unspecified atom stereocenters. The molecular formula is C22H30N4O2. The lowest BCUT2D eigenvalue weighted by Gasteiger charge is -2.29. The third kappa shape index (κ3) is 3.87. The lowest BCUT2D eigenvalue weighted by Crippen LogP contribution is -2.45. The number of aromatic nitrogens is 2. The number of aromatic amines is 1. The van der Waals surface area contributed by atoms with Crippen molar-refractivity contribution >= 4 is 12.2 Å². The van der Waals surface area contributed by atoms with E-state index in [4.69, 9.17) is 5.73 Å². The molecule has 0 radical (unpaired) electrons. The number of benzene rings is 1. The summed E-state index contributed by atoms with van der Waals surface area (Å²) < 4.78 is 0. The summed E-state index contributed by atoms with van der Waals surface area (Å²) >= 11 is 0. The molecule has 0 saturated carbocycles. The Labute approximate surface area is 166 Å². The number of likely N-dealkylation sites (N-methyl/N-ethyl adjacent to an activating group) is 1. The minimum atomic E-state index is -0.390. The van der Waals surface area contributed by atoms with E-state index >= 15 is 0 Å². The molecule has 2 aromatic rings. The Hall–Kier alpha value is -2.47. The number of nitrogens with two attached hydrogens (primary N) is 1. The molecule has 1 aliphatic rings. The standard InChI is InChI=1S/C22H30N4O2/c1-13(2)20(21(23)28)26(5)11-16-8-14(6-7-15(16)12-27)19-17-9-22(3,4)10-18(17)24-25-19/h6-8,12-13,20H,9-11H2,1-5H3,(H2,23,28)(H,24,25)/t20-/m0/s1. The molecule has 1 amide bonds. The largest absolute Gasteiger partial charge is 0.368 e. The fourth-order valence-electron chi connectivity index (χ4n) is 4.42. The number of hydrogen-bond acceptors (Lipinski definition) is 4. The van der Waals surface area contributed by atoms with Gasteiger partial charge in [0, 0.05) is 28.9 Å². The van der Waals surface area contributed by atoms with Crippen molar-refractivity contribution in [3.8, 4) is 11.3 Å². The summed E-state index contributed by atoms with van der Waals surface area (Å²) in [6, 6.07) is 5.41. The first kappa shape index (κ1) is 20.3. The molecule has 1 aromatic carbocycles. The van der Waals surface area contributed by atoms with Gasteiger partial charge >= 0.3 is 0 Å². The zero-order chi connectivity index (χ0) is 20.6.